The van der Waals surface area contributed by atoms with Crippen LogP contribution in [0.4, 0.5) is 0 Å². The van der Waals surface area contributed by atoms with Crippen LogP contribution in [0, 0.1) is 13.8 Å². The molecule has 3 rings (SSSR count). The van der Waals surface area contributed by atoms with E-state index in [9.17, 15) is 19.2 Å². The second kappa shape index (κ2) is 11.2. The number of benzene rings is 1. The maximum Gasteiger partial charge on any atom is 0.337 e. The molecule has 0 bridgehead atoms. The average Bonchev–Trinajstić information content (AvgIpc) is 3.14. The Morgan fingerprint density at radius 2 is 1.63 bits per heavy atom. The standard InChI is InChI=1S/C25H27N3O6S/c1-6-7-18-12-22(30)27-25(26-18)35-13-21(29)20-8-14(2)28(15(20)3)19-10-16(23(31)33-4)9-17(11-19)24(32)34-5/h8-12H,6-7,13H2,1-5H3,(H,26,27,30). The van der Waals surface area contributed by atoms with Crippen molar-refractivity contribution in [1.82, 2.24) is 14.5 Å². The Morgan fingerprint density at radius 1 is 1.00 bits per heavy atom. The van der Waals surface area contributed by atoms with E-state index in [1.807, 2.05) is 13.8 Å². The maximum absolute atomic E-state index is 13.1. The van der Waals surface area contributed by atoms with Gasteiger partial charge in [-0.1, -0.05) is 25.1 Å². The molecule has 9 nitrogen and oxygen atoms in total. The van der Waals surface area contributed by atoms with Crippen molar-refractivity contribution in [1.29, 1.82) is 0 Å². The lowest BCUT2D eigenvalue weighted by Gasteiger charge is -2.13. The quantitative estimate of drug-likeness (QED) is 0.206. The monoisotopic (exact) mass is 497 g/mol. The molecule has 0 atom stereocenters. The largest absolute Gasteiger partial charge is 0.465 e. The predicted octanol–water partition coefficient (Wildman–Crippen LogP) is 3.68. The minimum atomic E-state index is -0.598. The fourth-order valence-electron chi connectivity index (χ4n) is 3.80. The summed E-state index contributed by atoms with van der Waals surface area (Å²) in [6.45, 7) is 5.62. The number of nitrogens with one attached hydrogen (secondary N) is 1. The molecule has 35 heavy (non-hydrogen) atoms. The highest BCUT2D eigenvalue weighted by Crippen LogP contribution is 2.25. The van der Waals surface area contributed by atoms with Crippen LogP contribution in [0.1, 0.15) is 61.5 Å². The van der Waals surface area contributed by atoms with Gasteiger partial charge in [0, 0.05) is 34.4 Å². The van der Waals surface area contributed by atoms with Crippen molar-refractivity contribution >= 4 is 29.5 Å². The van der Waals surface area contributed by atoms with Crippen LogP contribution in [-0.2, 0) is 15.9 Å². The van der Waals surface area contributed by atoms with Crippen LogP contribution < -0.4 is 5.56 Å². The van der Waals surface area contributed by atoms with Gasteiger partial charge in [0.05, 0.1) is 31.1 Å². The molecule has 0 aliphatic carbocycles. The van der Waals surface area contributed by atoms with Gasteiger partial charge in [0.1, 0.15) is 0 Å². The highest BCUT2D eigenvalue weighted by molar-refractivity contribution is 7.99. The van der Waals surface area contributed by atoms with Crippen LogP contribution in [0.15, 0.2) is 40.3 Å². The number of H-pyrrole nitrogens is 1. The number of aryl methyl sites for hydroxylation is 2. The molecule has 184 valence electrons. The van der Waals surface area contributed by atoms with Gasteiger partial charge >= 0.3 is 11.9 Å². The van der Waals surface area contributed by atoms with Crippen molar-refractivity contribution in [3.05, 3.63) is 74.5 Å². The first kappa shape index (κ1) is 26.0. The van der Waals surface area contributed by atoms with Gasteiger partial charge in [-0.3, -0.25) is 9.59 Å². The summed E-state index contributed by atoms with van der Waals surface area (Å²) in [5.41, 5.74) is 3.21. The number of nitrogens with zero attached hydrogens (tertiary/aromatic N) is 2. The normalized spacial score (nSPS) is 10.8. The van der Waals surface area contributed by atoms with Crippen molar-refractivity contribution in [3.8, 4) is 5.69 Å². The van der Waals surface area contributed by atoms with Crippen molar-refractivity contribution in [3.63, 3.8) is 0 Å². The smallest absolute Gasteiger partial charge is 0.337 e. The predicted molar refractivity (Wildman–Crippen MR) is 132 cm³/mol. The summed E-state index contributed by atoms with van der Waals surface area (Å²) < 4.78 is 11.4. The Morgan fingerprint density at radius 3 is 2.20 bits per heavy atom. The van der Waals surface area contributed by atoms with E-state index >= 15 is 0 Å². The van der Waals surface area contributed by atoms with E-state index in [4.69, 9.17) is 9.47 Å². The summed E-state index contributed by atoms with van der Waals surface area (Å²) >= 11 is 1.17. The molecule has 1 aromatic carbocycles. The van der Waals surface area contributed by atoms with Crippen molar-refractivity contribution in [2.24, 2.45) is 0 Å². The van der Waals surface area contributed by atoms with Gasteiger partial charge in [-0.05, 0) is 44.5 Å². The first-order chi connectivity index (χ1) is 16.7. The van der Waals surface area contributed by atoms with Crippen LogP contribution in [0.2, 0.25) is 0 Å². The molecule has 1 N–H and O–H groups in total. The number of aromatic nitrogens is 3. The number of esters is 2. The van der Waals surface area contributed by atoms with Crippen LogP contribution in [-0.4, -0.2) is 52.2 Å². The van der Waals surface area contributed by atoms with Crippen LogP contribution >= 0.6 is 11.8 Å². The number of thioether (sulfide) groups is 1. The number of hydrogen-bond acceptors (Lipinski definition) is 8. The van der Waals surface area contributed by atoms with Gasteiger partial charge < -0.3 is 19.0 Å². The zero-order valence-electron chi connectivity index (χ0n) is 20.3. The Hall–Kier alpha value is -3.66. The molecule has 3 aromatic rings. The lowest BCUT2D eigenvalue weighted by molar-refractivity contribution is 0.0599. The molecule has 0 saturated heterocycles. The first-order valence-corrected chi connectivity index (χ1v) is 11.9. The Kier molecular flexibility index (Phi) is 8.29. The zero-order chi connectivity index (χ0) is 25.7. The summed E-state index contributed by atoms with van der Waals surface area (Å²) in [5.74, 6) is -1.26. The number of carbonyl (C=O) groups excluding carboxylic acids is 3. The maximum atomic E-state index is 13.1. The first-order valence-electron chi connectivity index (χ1n) is 11.0. The van der Waals surface area contributed by atoms with Crippen molar-refractivity contribution in [2.75, 3.05) is 20.0 Å². The molecule has 2 heterocycles. The van der Waals surface area contributed by atoms with Gasteiger partial charge in [0.2, 0.25) is 0 Å². The third-order valence-corrected chi connectivity index (χ3v) is 6.24. The molecule has 0 aliphatic rings. The fraction of sp³-hybridized carbons (Fsp3) is 0.320. The molecule has 0 spiro atoms. The van der Waals surface area contributed by atoms with Gasteiger partial charge in [-0.25, -0.2) is 14.6 Å². The third-order valence-electron chi connectivity index (χ3n) is 5.37. The highest BCUT2D eigenvalue weighted by Gasteiger charge is 2.20. The number of ketones is 1. The molecule has 0 fully saturated rings. The van der Waals surface area contributed by atoms with Crippen molar-refractivity contribution in [2.45, 2.75) is 38.8 Å². The summed E-state index contributed by atoms with van der Waals surface area (Å²) in [6, 6.07) is 7.81. The van der Waals surface area contributed by atoms with E-state index in [1.165, 1.54) is 38.1 Å². The number of rotatable bonds is 9. The third kappa shape index (κ3) is 5.89. The van der Waals surface area contributed by atoms with Gasteiger partial charge in [-0.2, -0.15) is 0 Å². The lowest BCUT2D eigenvalue weighted by atomic mass is 10.1. The Bertz CT molecular complexity index is 1310. The lowest BCUT2D eigenvalue weighted by Crippen LogP contribution is -2.12. The number of hydrogen-bond donors (Lipinski definition) is 1. The SMILES string of the molecule is CCCc1cc(=O)[nH]c(SCC(=O)c2cc(C)n(-c3cc(C(=O)OC)cc(C(=O)OC)c3)c2C)n1. The Balaban J connectivity index is 1.93. The summed E-state index contributed by atoms with van der Waals surface area (Å²) in [7, 11) is 2.51. The topological polar surface area (TPSA) is 120 Å². The van der Waals surface area contributed by atoms with E-state index in [2.05, 4.69) is 9.97 Å². The van der Waals surface area contributed by atoms with Crippen molar-refractivity contribution < 1.29 is 23.9 Å². The summed E-state index contributed by atoms with van der Waals surface area (Å²) in [5, 5.41) is 0.400. The van der Waals surface area contributed by atoms with Gasteiger partial charge in [-0.15, -0.1) is 0 Å². The highest BCUT2D eigenvalue weighted by atomic mass is 32.2. The number of methoxy groups -OCH3 is 2. The van der Waals surface area contributed by atoms with E-state index in [0.717, 1.165) is 12.1 Å². The molecule has 0 aliphatic heterocycles. The van der Waals surface area contributed by atoms with Gasteiger partial charge in [0.15, 0.2) is 10.9 Å². The van der Waals surface area contributed by atoms with Gasteiger partial charge in [0.25, 0.3) is 5.56 Å². The molecular weight excluding hydrogens is 470 g/mol. The number of Topliss-reactive ketones (excluding diaryl/α,β-unsaturated/α-hetero) is 1. The molecular formula is C25H27N3O6S. The van der Waals surface area contributed by atoms with E-state index in [0.29, 0.717) is 34.2 Å². The fourth-order valence-corrected chi connectivity index (χ4v) is 4.58. The number of ether oxygens (including phenoxy) is 2. The molecule has 0 radical (unpaired) electrons. The summed E-state index contributed by atoms with van der Waals surface area (Å²) in [4.78, 5) is 56.4. The minimum Gasteiger partial charge on any atom is -0.465 e. The molecule has 0 saturated carbocycles. The Labute approximate surface area is 206 Å². The molecule has 0 unspecified atom stereocenters. The average molecular weight is 498 g/mol. The van der Waals surface area contributed by atoms with Crippen LogP contribution in [0.5, 0.6) is 0 Å². The minimum absolute atomic E-state index is 0.0818. The van der Waals surface area contributed by atoms with E-state index in [-0.39, 0.29) is 28.2 Å². The second-order valence-corrected chi connectivity index (χ2v) is 8.84. The molecule has 10 heteroatoms. The number of aromatic amines is 1. The zero-order valence-corrected chi connectivity index (χ0v) is 21.1. The number of carbonyl (C=O) groups is 3. The van der Waals surface area contributed by atoms with E-state index < -0.39 is 11.9 Å². The molecule has 0 amide bonds. The van der Waals surface area contributed by atoms with E-state index in [1.54, 1.807) is 29.7 Å². The second-order valence-electron chi connectivity index (χ2n) is 7.88. The molecule has 2 aromatic heterocycles. The van der Waals surface area contributed by atoms with Crippen LogP contribution in [0.3, 0.4) is 0 Å². The van der Waals surface area contributed by atoms with Crippen LogP contribution in [0.25, 0.3) is 5.69 Å². The summed E-state index contributed by atoms with van der Waals surface area (Å²) in [6.07, 6.45) is 1.55.